The third-order valence-electron chi connectivity index (χ3n) is 3.64. The molecule has 0 aliphatic carbocycles. The highest BCUT2D eigenvalue weighted by atomic mass is 16.3. The summed E-state index contributed by atoms with van der Waals surface area (Å²) < 4.78 is 5.13. The van der Waals surface area contributed by atoms with Gasteiger partial charge in [0.15, 0.2) is 5.76 Å². The number of likely N-dealkylation sites (tertiary alicyclic amines) is 1. The fourth-order valence-electron chi connectivity index (χ4n) is 2.46. The number of amides is 2. The minimum atomic E-state index is -0.124. The molecule has 1 saturated heterocycles. The lowest BCUT2D eigenvalue weighted by atomic mass is 9.97. The van der Waals surface area contributed by atoms with Gasteiger partial charge in [0.2, 0.25) is 5.91 Å². The Morgan fingerprint density at radius 1 is 1.50 bits per heavy atom. The maximum atomic E-state index is 12.2. The van der Waals surface area contributed by atoms with Crippen LogP contribution in [0, 0.1) is 5.92 Å². The Morgan fingerprint density at radius 3 is 3.05 bits per heavy atom. The molecule has 1 atom stereocenters. The van der Waals surface area contributed by atoms with Crippen LogP contribution < -0.4 is 5.32 Å². The second kappa shape index (κ2) is 7.12. The number of hydrogen-bond acceptors (Lipinski definition) is 3. The number of unbranched alkanes of at least 4 members (excludes halogenated alkanes) is 1. The van der Waals surface area contributed by atoms with Crippen molar-refractivity contribution in [3.63, 3.8) is 0 Å². The molecule has 1 aromatic heterocycles. The molecule has 2 amide bonds. The lowest BCUT2D eigenvalue weighted by molar-refractivity contribution is -0.126. The third kappa shape index (κ3) is 3.62. The van der Waals surface area contributed by atoms with E-state index < -0.39 is 0 Å². The van der Waals surface area contributed by atoms with Crippen LogP contribution in [-0.2, 0) is 4.79 Å². The van der Waals surface area contributed by atoms with Crippen LogP contribution in [0.2, 0.25) is 0 Å². The number of nitrogens with zero attached hydrogens (tertiary/aromatic N) is 1. The molecule has 0 spiro atoms. The summed E-state index contributed by atoms with van der Waals surface area (Å²) in [5, 5.41) is 2.95. The first-order chi connectivity index (χ1) is 9.72. The minimum absolute atomic E-state index is 0.0652. The summed E-state index contributed by atoms with van der Waals surface area (Å²) in [6.45, 7) is 3.99. The first-order valence-corrected chi connectivity index (χ1v) is 7.33. The number of piperidine rings is 1. The molecule has 20 heavy (non-hydrogen) atoms. The molecule has 1 aliphatic rings. The molecule has 1 aromatic rings. The van der Waals surface area contributed by atoms with Crippen molar-refractivity contribution >= 4 is 11.8 Å². The molecule has 110 valence electrons. The van der Waals surface area contributed by atoms with E-state index in [1.807, 2.05) is 0 Å². The molecule has 2 heterocycles. The summed E-state index contributed by atoms with van der Waals surface area (Å²) in [5.41, 5.74) is 0. The Bertz CT molecular complexity index is 442. The van der Waals surface area contributed by atoms with Crippen LogP contribution in [-0.4, -0.2) is 36.3 Å². The van der Waals surface area contributed by atoms with E-state index in [2.05, 4.69) is 12.2 Å². The quantitative estimate of drug-likeness (QED) is 0.838. The summed E-state index contributed by atoms with van der Waals surface area (Å²) in [6.07, 6.45) is 5.26. The predicted octanol–water partition coefficient (Wildman–Crippen LogP) is 2.05. The highest BCUT2D eigenvalue weighted by Gasteiger charge is 2.29. The van der Waals surface area contributed by atoms with Gasteiger partial charge in [0.05, 0.1) is 12.2 Å². The average Bonchev–Trinajstić information content (AvgIpc) is 3.01. The Balaban J connectivity index is 1.88. The van der Waals surface area contributed by atoms with Crippen LogP contribution in [0.25, 0.3) is 0 Å². The second-order valence-corrected chi connectivity index (χ2v) is 5.21. The van der Waals surface area contributed by atoms with Crippen LogP contribution in [0.15, 0.2) is 22.8 Å². The summed E-state index contributed by atoms with van der Waals surface area (Å²) in [5.74, 6) is 0.188. The zero-order chi connectivity index (χ0) is 14.4. The van der Waals surface area contributed by atoms with E-state index in [1.54, 1.807) is 17.0 Å². The fourth-order valence-corrected chi connectivity index (χ4v) is 2.46. The van der Waals surface area contributed by atoms with Gasteiger partial charge in [-0.1, -0.05) is 13.3 Å². The first-order valence-electron chi connectivity index (χ1n) is 7.33. The third-order valence-corrected chi connectivity index (χ3v) is 3.64. The SMILES string of the molecule is CCCCNC(=O)C1CCCN(C(=O)c2ccco2)C1. The molecule has 2 rings (SSSR count). The number of hydrogen-bond donors (Lipinski definition) is 1. The minimum Gasteiger partial charge on any atom is -0.459 e. The van der Waals surface area contributed by atoms with E-state index in [0.29, 0.717) is 18.8 Å². The van der Waals surface area contributed by atoms with Crippen molar-refractivity contribution in [2.24, 2.45) is 5.92 Å². The molecule has 5 nitrogen and oxygen atoms in total. The second-order valence-electron chi connectivity index (χ2n) is 5.21. The normalized spacial score (nSPS) is 18.9. The van der Waals surface area contributed by atoms with Crippen LogP contribution in [0.3, 0.4) is 0 Å². The highest BCUT2D eigenvalue weighted by molar-refractivity contribution is 5.92. The van der Waals surface area contributed by atoms with Gasteiger partial charge in [-0.05, 0) is 31.4 Å². The van der Waals surface area contributed by atoms with Crippen molar-refractivity contribution < 1.29 is 14.0 Å². The Labute approximate surface area is 119 Å². The molecular weight excluding hydrogens is 256 g/mol. The lowest BCUT2D eigenvalue weighted by Crippen LogP contribution is -2.45. The number of nitrogens with one attached hydrogen (secondary N) is 1. The lowest BCUT2D eigenvalue weighted by Gasteiger charge is -2.31. The zero-order valence-electron chi connectivity index (χ0n) is 11.9. The van der Waals surface area contributed by atoms with Crippen molar-refractivity contribution in [1.29, 1.82) is 0 Å². The van der Waals surface area contributed by atoms with Gasteiger partial charge in [0.25, 0.3) is 5.91 Å². The van der Waals surface area contributed by atoms with Gasteiger partial charge in [0.1, 0.15) is 0 Å². The molecule has 0 aromatic carbocycles. The molecule has 5 heteroatoms. The van der Waals surface area contributed by atoms with Crippen molar-refractivity contribution in [3.05, 3.63) is 24.2 Å². The Hall–Kier alpha value is -1.78. The van der Waals surface area contributed by atoms with Crippen LogP contribution in [0.1, 0.15) is 43.2 Å². The molecular formula is C15H22N2O3. The van der Waals surface area contributed by atoms with Gasteiger partial charge in [-0.3, -0.25) is 9.59 Å². The van der Waals surface area contributed by atoms with E-state index in [0.717, 1.165) is 32.2 Å². The number of carbonyl (C=O) groups is 2. The first kappa shape index (κ1) is 14.6. The van der Waals surface area contributed by atoms with Gasteiger partial charge >= 0.3 is 0 Å². The van der Waals surface area contributed by atoms with E-state index in [1.165, 1.54) is 6.26 Å². The van der Waals surface area contributed by atoms with Crippen molar-refractivity contribution in [2.45, 2.75) is 32.6 Å². The van der Waals surface area contributed by atoms with Gasteiger partial charge in [-0.15, -0.1) is 0 Å². The molecule has 1 unspecified atom stereocenters. The summed E-state index contributed by atoms with van der Waals surface area (Å²) in [7, 11) is 0. The monoisotopic (exact) mass is 278 g/mol. The molecule has 0 radical (unpaired) electrons. The van der Waals surface area contributed by atoms with Gasteiger partial charge in [-0.25, -0.2) is 0 Å². The van der Waals surface area contributed by atoms with E-state index in [-0.39, 0.29) is 17.7 Å². The smallest absolute Gasteiger partial charge is 0.289 e. The molecule has 1 fully saturated rings. The number of carbonyl (C=O) groups excluding carboxylic acids is 2. The predicted molar refractivity (Wildman–Crippen MR) is 75.3 cm³/mol. The average molecular weight is 278 g/mol. The van der Waals surface area contributed by atoms with Crippen LogP contribution >= 0.6 is 0 Å². The number of furan rings is 1. The molecule has 0 saturated carbocycles. The Morgan fingerprint density at radius 2 is 2.35 bits per heavy atom. The summed E-state index contributed by atoms with van der Waals surface area (Å²) in [4.78, 5) is 26.0. The van der Waals surface area contributed by atoms with Gasteiger partial charge < -0.3 is 14.6 Å². The van der Waals surface area contributed by atoms with Crippen molar-refractivity contribution in [2.75, 3.05) is 19.6 Å². The van der Waals surface area contributed by atoms with E-state index in [4.69, 9.17) is 4.42 Å². The van der Waals surface area contributed by atoms with E-state index >= 15 is 0 Å². The molecule has 0 bridgehead atoms. The van der Waals surface area contributed by atoms with Gasteiger partial charge in [-0.2, -0.15) is 0 Å². The van der Waals surface area contributed by atoms with Crippen molar-refractivity contribution in [1.82, 2.24) is 10.2 Å². The topological polar surface area (TPSA) is 62.6 Å². The maximum absolute atomic E-state index is 12.2. The van der Waals surface area contributed by atoms with Gasteiger partial charge in [0, 0.05) is 19.6 Å². The van der Waals surface area contributed by atoms with Crippen molar-refractivity contribution in [3.8, 4) is 0 Å². The fraction of sp³-hybridized carbons (Fsp3) is 0.600. The number of rotatable bonds is 5. The summed E-state index contributed by atoms with van der Waals surface area (Å²) >= 11 is 0. The van der Waals surface area contributed by atoms with Crippen LogP contribution in [0.4, 0.5) is 0 Å². The Kier molecular flexibility index (Phi) is 5.21. The maximum Gasteiger partial charge on any atom is 0.289 e. The highest BCUT2D eigenvalue weighted by Crippen LogP contribution is 2.19. The molecule has 1 aliphatic heterocycles. The zero-order valence-corrected chi connectivity index (χ0v) is 11.9. The summed E-state index contributed by atoms with van der Waals surface area (Å²) in [6, 6.07) is 3.36. The van der Waals surface area contributed by atoms with E-state index in [9.17, 15) is 9.59 Å². The van der Waals surface area contributed by atoms with Crippen LogP contribution in [0.5, 0.6) is 0 Å². The standard InChI is InChI=1S/C15H22N2O3/c1-2-3-8-16-14(18)12-6-4-9-17(11-12)15(19)13-7-5-10-20-13/h5,7,10,12H,2-4,6,8-9,11H2,1H3,(H,16,18). The molecule has 1 N–H and O–H groups in total. The largest absolute Gasteiger partial charge is 0.459 e.